The van der Waals surface area contributed by atoms with Gasteiger partial charge >= 0.3 is 0 Å². The van der Waals surface area contributed by atoms with Crippen molar-refractivity contribution in [2.75, 3.05) is 6.54 Å². The van der Waals surface area contributed by atoms with Crippen LogP contribution < -0.4 is 11.1 Å². The summed E-state index contributed by atoms with van der Waals surface area (Å²) in [4.78, 5) is 12.4. The van der Waals surface area contributed by atoms with Crippen LogP contribution >= 0.6 is 39.7 Å². The maximum Gasteiger partial charge on any atom is 0.252 e. The second-order valence-electron chi connectivity index (χ2n) is 3.80. The molecule has 0 aliphatic carbocycles. The fourth-order valence-electron chi connectivity index (χ4n) is 1.39. The fraction of sp³-hybridized carbons (Fsp3) is 0.333. The van der Waals surface area contributed by atoms with Crippen molar-refractivity contribution in [3.8, 4) is 0 Å². The first-order chi connectivity index (χ1) is 8.50. The van der Waals surface area contributed by atoms with Crippen molar-refractivity contribution in [3.63, 3.8) is 0 Å². The van der Waals surface area contributed by atoms with E-state index < -0.39 is 0 Å². The minimum absolute atomic E-state index is 0.170. The zero-order valence-electron chi connectivity index (χ0n) is 9.71. The topological polar surface area (TPSA) is 55.1 Å². The summed E-state index contributed by atoms with van der Waals surface area (Å²) in [5.41, 5.74) is 5.86. The van der Waals surface area contributed by atoms with Crippen molar-refractivity contribution in [3.05, 3.63) is 33.3 Å². The van der Waals surface area contributed by atoms with Crippen LogP contribution in [-0.2, 0) is 0 Å². The summed E-state index contributed by atoms with van der Waals surface area (Å²) in [5.74, 6) is -0.170. The number of thiocarbonyl (C=S) groups is 1. The number of nitrogens with one attached hydrogen (secondary N) is 1. The minimum atomic E-state index is -0.170. The molecule has 0 spiro atoms. The Morgan fingerprint density at radius 1 is 1.44 bits per heavy atom. The second-order valence-corrected chi connectivity index (χ2v) is 5.65. The highest BCUT2D eigenvalue weighted by atomic mass is 79.9. The molecule has 0 fully saturated rings. The van der Waals surface area contributed by atoms with Gasteiger partial charge in [0.15, 0.2) is 0 Å². The number of hydrogen-bond donors (Lipinski definition) is 2. The van der Waals surface area contributed by atoms with Crippen LogP contribution in [0.2, 0.25) is 5.02 Å². The first kappa shape index (κ1) is 15.4. The Hall–Kier alpha value is -0.650. The van der Waals surface area contributed by atoms with Gasteiger partial charge in [0.2, 0.25) is 0 Å². The van der Waals surface area contributed by atoms with Gasteiger partial charge in [0.1, 0.15) is 0 Å². The average Bonchev–Trinajstić information content (AvgIpc) is 2.31. The summed E-state index contributed by atoms with van der Waals surface area (Å²) < 4.78 is 0.825. The largest absolute Gasteiger partial charge is 0.393 e. The molecule has 0 atom stereocenters. The zero-order valence-corrected chi connectivity index (χ0v) is 12.9. The van der Waals surface area contributed by atoms with E-state index in [4.69, 9.17) is 29.6 Å². The van der Waals surface area contributed by atoms with Gasteiger partial charge in [-0.1, -0.05) is 39.7 Å². The normalized spacial score (nSPS) is 10.1. The van der Waals surface area contributed by atoms with Gasteiger partial charge < -0.3 is 11.1 Å². The molecule has 18 heavy (non-hydrogen) atoms. The molecule has 0 bridgehead atoms. The van der Waals surface area contributed by atoms with Gasteiger partial charge in [0.05, 0.1) is 15.6 Å². The SMILES string of the molecule is NC(=S)CCCCNC(=O)c1cc(Br)ccc1Cl. The van der Waals surface area contributed by atoms with Crippen LogP contribution in [0.5, 0.6) is 0 Å². The summed E-state index contributed by atoms with van der Waals surface area (Å²) in [5, 5.41) is 3.26. The summed E-state index contributed by atoms with van der Waals surface area (Å²) >= 11 is 14.0. The smallest absolute Gasteiger partial charge is 0.252 e. The minimum Gasteiger partial charge on any atom is -0.393 e. The number of halogens is 2. The van der Waals surface area contributed by atoms with Crippen molar-refractivity contribution >= 4 is 50.6 Å². The van der Waals surface area contributed by atoms with Crippen LogP contribution in [0.4, 0.5) is 0 Å². The van der Waals surface area contributed by atoms with E-state index in [1.807, 2.05) is 0 Å². The van der Waals surface area contributed by atoms with Gasteiger partial charge in [0, 0.05) is 11.0 Å². The standard InChI is InChI=1S/C12H14BrClN2OS/c13-8-4-5-10(14)9(7-8)12(17)16-6-2-1-3-11(15)18/h4-5,7H,1-3,6H2,(H2,15,18)(H,16,17). The predicted octanol–water partition coefficient (Wildman–Crippen LogP) is 3.29. The molecule has 0 aliphatic heterocycles. The Labute approximate surface area is 125 Å². The van der Waals surface area contributed by atoms with E-state index in [9.17, 15) is 4.79 Å². The fourth-order valence-corrected chi connectivity index (χ4v) is 2.10. The van der Waals surface area contributed by atoms with E-state index in [1.165, 1.54) is 0 Å². The number of benzene rings is 1. The molecule has 0 heterocycles. The molecule has 98 valence electrons. The summed E-state index contributed by atoms with van der Waals surface area (Å²) in [7, 11) is 0. The lowest BCUT2D eigenvalue weighted by Crippen LogP contribution is -2.25. The Bertz CT molecular complexity index is 454. The van der Waals surface area contributed by atoms with Crippen molar-refractivity contribution in [1.82, 2.24) is 5.32 Å². The molecule has 6 heteroatoms. The van der Waals surface area contributed by atoms with Gasteiger partial charge in [0.25, 0.3) is 5.91 Å². The highest BCUT2D eigenvalue weighted by Gasteiger charge is 2.09. The van der Waals surface area contributed by atoms with Crippen LogP contribution in [0.3, 0.4) is 0 Å². The Morgan fingerprint density at radius 3 is 2.83 bits per heavy atom. The molecule has 0 aliphatic rings. The lowest BCUT2D eigenvalue weighted by Gasteiger charge is -2.07. The summed E-state index contributed by atoms with van der Waals surface area (Å²) in [6.07, 6.45) is 2.43. The van der Waals surface area contributed by atoms with Gasteiger partial charge in [-0.05, 0) is 37.5 Å². The first-order valence-corrected chi connectivity index (χ1v) is 7.10. The highest BCUT2D eigenvalue weighted by molar-refractivity contribution is 9.10. The van der Waals surface area contributed by atoms with Crippen LogP contribution in [0.1, 0.15) is 29.6 Å². The van der Waals surface area contributed by atoms with E-state index in [2.05, 4.69) is 21.2 Å². The number of nitrogens with two attached hydrogens (primary N) is 1. The Morgan fingerprint density at radius 2 is 2.17 bits per heavy atom. The van der Waals surface area contributed by atoms with Gasteiger partial charge in [-0.2, -0.15) is 0 Å². The lowest BCUT2D eigenvalue weighted by molar-refractivity contribution is 0.0953. The van der Waals surface area contributed by atoms with E-state index >= 15 is 0 Å². The number of amides is 1. The van der Waals surface area contributed by atoms with Crippen LogP contribution in [0.15, 0.2) is 22.7 Å². The van der Waals surface area contributed by atoms with Crippen LogP contribution in [-0.4, -0.2) is 17.4 Å². The molecule has 0 radical (unpaired) electrons. The third-order valence-electron chi connectivity index (χ3n) is 2.31. The molecule has 1 amide bonds. The maximum atomic E-state index is 11.8. The highest BCUT2D eigenvalue weighted by Crippen LogP contribution is 2.20. The van der Waals surface area contributed by atoms with Crippen LogP contribution in [0, 0.1) is 0 Å². The summed E-state index contributed by atoms with van der Waals surface area (Å²) in [6, 6.07) is 5.18. The Kier molecular flexibility index (Phi) is 6.60. The number of hydrogen-bond acceptors (Lipinski definition) is 2. The van der Waals surface area contributed by atoms with Crippen molar-refractivity contribution in [2.45, 2.75) is 19.3 Å². The van der Waals surface area contributed by atoms with Gasteiger partial charge in [-0.25, -0.2) is 0 Å². The van der Waals surface area contributed by atoms with Crippen LogP contribution in [0.25, 0.3) is 0 Å². The molecule has 1 rings (SSSR count). The number of unbranched alkanes of at least 4 members (excludes halogenated alkanes) is 1. The first-order valence-electron chi connectivity index (χ1n) is 5.52. The average molecular weight is 350 g/mol. The van der Waals surface area contributed by atoms with Crippen molar-refractivity contribution in [1.29, 1.82) is 0 Å². The maximum absolute atomic E-state index is 11.8. The van der Waals surface area contributed by atoms with Crippen molar-refractivity contribution in [2.24, 2.45) is 5.73 Å². The molecular formula is C12H14BrClN2OS. The molecule has 1 aromatic rings. The lowest BCUT2D eigenvalue weighted by atomic mass is 10.2. The number of carbonyl (C=O) groups excluding carboxylic acids is 1. The molecule has 3 nitrogen and oxygen atoms in total. The third kappa shape index (κ3) is 5.33. The Balaban J connectivity index is 2.41. The van der Waals surface area contributed by atoms with E-state index in [-0.39, 0.29) is 5.91 Å². The van der Waals surface area contributed by atoms with E-state index in [0.29, 0.717) is 28.5 Å². The van der Waals surface area contributed by atoms with E-state index in [0.717, 1.165) is 17.3 Å². The zero-order chi connectivity index (χ0) is 13.5. The molecule has 1 aromatic carbocycles. The quantitative estimate of drug-likeness (QED) is 0.612. The molecule has 0 saturated carbocycles. The predicted molar refractivity (Wildman–Crippen MR) is 82.1 cm³/mol. The molecule has 0 aromatic heterocycles. The number of rotatable bonds is 6. The monoisotopic (exact) mass is 348 g/mol. The van der Waals surface area contributed by atoms with Crippen molar-refractivity contribution < 1.29 is 4.79 Å². The number of carbonyl (C=O) groups is 1. The molecule has 3 N–H and O–H groups in total. The summed E-state index contributed by atoms with van der Waals surface area (Å²) in [6.45, 7) is 0.588. The molecule has 0 saturated heterocycles. The molecule has 0 unspecified atom stereocenters. The van der Waals surface area contributed by atoms with E-state index in [1.54, 1.807) is 18.2 Å². The van der Waals surface area contributed by atoms with Gasteiger partial charge in [-0.3, -0.25) is 4.79 Å². The van der Waals surface area contributed by atoms with Gasteiger partial charge in [-0.15, -0.1) is 0 Å². The second kappa shape index (κ2) is 7.71. The third-order valence-corrected chi connectivity index (χ3v) is 3.34. The molecular weight excluding hydrogens is 336 g/mol.